The highest BCUT2D eigenvalue weighted by Crippen LogP contribution is 2.44. The van der Waals surface area contributed by atoms with E-state index in [2.05, 4.69) is 4.90 Å². The average molecular weight is 424 g/mol. The molecule has 8 heteroatoms. The molecule has 0 saturated heterocycles. The lowest BCUT2D eigenvalue weighted by atomic mass is 10.2. The second-order valence-corrected chi connectivity index (χ2v) is 8.36. The third-order valence-corrected chi connectivity index (χ3v) is 6.08. The highest BCUT2D eigenvalue weighted by atomic mass is 32.2. The maximum absolute atomic E-state index is 13.3. The standard InChI is InChI=1S/C20H19F2NO3S2/c1-2-27-19-10-16-18(11-17(19)26-12-15(22)20(24)25)28-9-3-8-23(16)14-6-4-13(21)5-7-14/h4-7,10-12H,2-3,8-9H2,1H3,(H,24,25)/b15-12-. The summed E-state index contributed by atoms with van der Waals surface area (Å²) >= 11 is 3.18. The molecular weight excluding hydrogens is 404 g/mol. The van der Waals surface area contributed by atoms with Crippen LogP contribution in [0.4, 0.5) is 20.2 Å². The fourth-order valence-electron chi connectivity index (χ4n) is 2.80. The lowest BCUT2D eigenvalue weighted by Crippen LogP contribution is -2.18. The summed E-state index contributed by atoms with van der Waals surface area (Å²) < 4.78 is 32.0. The molecule has 0 aliphatic carbocycles. The summed E-state index contributed by atoms with van der Waals surface area (Å²) in [7, 11) is 0. The quantitative estimate of drug-likeness (QED) is 0.358. The van der Waals surface area contributed by atoms with E-state index in [0.29, 0.717) is 12.0 Å². The fourth-order valence-corrected chi connectivity index (χ4v) is 4.55. The summed E-state index contributed by atoms with van der Waals surface area (Å²) in [5.41, 5.74) is 1.86. The van der Waals surface area contributed by atoms with Crippen molar-refractivity contribution in [3.63, 3.8) is 0 Å². The molecule has 2 aromatic carbocycles. The van der Waals surface area contributed by atoms with Gasteiger partial charge in [0.25, 0.3) is 0 Å². The Bertz CT molecular complexity index is 888. The zero-order valence-electron chi connectivity index (χ0n) is 15.2. The normalized spacial score (nSPS) is 14.4. The molecule has 0 unspecified atom stereocenters. The number of rotatable bonds is 6. The highest BCUT2D eigenvalue weighted by molar-refractivity contribution is 7.99. The molecule has 0 aromatic heterocycles. The van der Waals surface area contributed by atoms with Gasteiger partial charge in [-0.2, -0.15) is 4.39 Å². The number of nitrogens with zero attached hydrogens (tertiary/aromatic N) is 1. The number of carbonyl (C=O) groups is 1. The Hall–Kier alpha value is -2.19. The van der Waals surface area contributed by atoms with E-state index < -0.39 is 11.8 Å². The van der Waals surface area contributed by atoms with Crippen LogP contribution in [0.15, 0.2) is 58.3 Å². The molecule has 148 valence electrons. The number of thioether (sulfide) groups is 2. The molecule has 28 heavy (non-hydrogen) atoms. The Labute approximate surface area is 170 Å². The van der Waals surface area contributed by atoms with Crippen molar-refractivity contribution >= 4 is 40.9 Å². The first-order valence-corrected chi connectivity index (χ1v) is 10.7. The van der Waals surface area contributed by atoms with Gasteiger partial charge in [0.1, 0.15) is 17.8 Å². The van der Waals surface area contributed by atoms with Crippen LogP contribution >= 0.6 is 23.5 Å². The Kier molecular flexibility index (Phi) is 6.85. The molecule has 1 aliphatic rings. The number of ether oxygens (including phenoxy) is 1. The summed E-state index contributed by atoms with van der Waals surface area (Å²) in [6.07, 6.45) is 1.56. The van der Waals surface area contributed by atoms with Crippen LogP contribution in [0.2, 0.25) is 0 Å². The van der Waals surface area contributed by atoms with Gasteiger partial charge in [-0.3, -0.25) is 0 Å². The molecule has 2 aromatic rings. The van der Waals surface area contributed by atoms with E-state index in [-0.39, 0.29) is 5.82 Å². The van der Waals surface area contributed by atoms with Gasteiger partial charge in [-0.1, -0.05) is 6.92 Å². The van der Waals surface area contributed by atoms with Crippen LogP contribution < -0.4 is 9.64 Å². The largest absolute Gasteiger partial charge is 0.476 e. The minimum Gasteiger partial charge on any atom is -0.476 e. The fraction of sp³-hybridized carbons (Fsp3) is 0.250. The number of carboxylic acid groups (broad SMARTS) is 1. The van der Waals surface area contributed by atoms with E-state index in [0.717, 1.165) is 45.6 Å². The number of anilines is 2. The van der Waals surface area contributed by atoms with Crippen LogP contribution in [0.3, 0.4) is 0 Å². The maximum atomic E-state index is 13.3. The molecule has 3 rings (SSSR count). The lowest BCUT2D eigenvalue weighted by Gasteiger charge is -2.26. The lowest BCUT2D eigenvalue weighted by molar-refractivity contribution is -0.134. The van der Waals surface area contributed by atoms with E-state index in [9.17, 15) is 13.6 Å². The smallest absolute Gasteiger partial charge is 0.368 e. The van der Waals surface area contributed by atoms with E-state index in [4.69, 9.17) is 9.84 Å². The van der Waals surface area contributed by atoms with Crippen molar-refractivity contribution < 1.29 is 23.4 Å². The zero-order chi connectivity index (χ0) is 20.1. The number of hydrogen-bond donors (Lipinski definition) is 1. The third kappa shape index (κ3) is 4.80. The van der Waals surface area contributed by atoms with Crippen molar-refractivity contribution in [2.24, 2.45) is 0 Å². The van der Waals surface area contributed by atoms with Crippen molar-refractivity contribution in [1.29, 1.82) is 0 Å². The Morgan fingerprint density at radius 3 is 2.79 bits per heavy atom. The van der Waals surface area contributed by atoms with Gasteiger partial charge in [0.2, 0.25) is 5.83 Å². The number of aliphatic carboxylic acids is 1. The van der Waals surface area contributed by atoms with Crippen LogP contribution in [0.5, 0.6) is 5.75 Å². The molecule has 0 saturated carbocycles. The predicted octanol–water partition coefficient (Wildman–Crippen LogP) is 5.85. The molecule has 0 fully saturated rings. The minimum absolute atomic E-state index is 0.286. The van der Waals surface area contributed by atoms with Crippen LogP contribution in [0, 0.1) is 5.82 Å². The molecule has 0 bridgehead atoms. The summed E-state index contributed by atoms with van der Waals surface area (Å²) in [6, 6.07) is 10.1. The number of carboxylic acids is 1. The Morgan fingerprint density at radius 1 is 1.36 bits per heavy atom. The van der Waals surface area contributed by atoms with Crippen LogP contribution in [-0.2, 0) is 4.79 Å². The number of benzene rings is 2. The Morgan fingerprint density at radius 2 is 2.11 bits per heavy atom. The van der Waals surface area contributed by atoms with Gasteiger partial charge in [-0.05, 0) is 54.3 Å². The van der Waals surface area contributed by atoms with Crippen LogP contribution in [0.25, 0.3) is 0 Å². The molecule has 0 atom stereocenters. The van der Waals surface area contributed by atoms with Gasteiger partial charge in [-0.25, -0.2) is 9.18 Å². The summed E-state index contributed by atoms with van der Waals surface area (Å²) in [5, 5.41) is 8.68. The predicted molar refractivity (Wildman–Crippen MR) is 109 cm³/mol. The van der Waals surface area contributed by atoms with Gasteiger partial charge in [0.05, 0.1) is 10.6 Å². The van der Waals surface area contributed by atoms with Gasteiger partial charge in [0, 0.05) is 17.1 Å². The van der Waals surface area contributed by atoms with Crippen molar-refractivity contribution in [3.05, 3.63) is 54.3 Å². The SMILES string of the molecule is CCSc1cc2c(cc1O/C=C(\F)C(=O)O)SCCCN2c1ccc(F)cc1. The molecule has 1 heterocycles. The molecule has 0 radical (unpaired) electrons. The topological polar surface area (TPSA) is 49.8 Å². The average Bonchev–Trinajstić information content (AvgIpc) is 2.88. The van der Waals surface area contributed by atoms with E-state index in [1.54, 1.807) is 23.9 Å². The van der Waals surface area contributed by atoms with E-state index in [1.807, 2.05) is 19.1 Å². The maximum Gasteiger partial charge on any atom is 0.368 e. The minimum atomic E-state index is -1.67. The van der Waals surface area contributed by atoms with Gasteiger partial charge < -0.3 is 14.7 Å². The van der Waals surface area contributed by atoms with Gasteiger partial charge in [-0.15, -0.1) is 23.5 Å². The zero-order valence-corrected chi connectivity index (χ0v) is 16.8. The van der Waals surface area contributed by atoms with Crippen molar-refractivity contribution in [2.45, 2.75) is 23.1 Å². The van der Waals surface area contributed by atoms with Crippen LogP contribution in [-0.4, -0.2) is 29.1 Å². The molecular formula is C20H19F2NO3S2. The monoisotopic (exact) mass is 423 g/mol. The van der Waals surface area contributed by atoms with Gasteiger partial charge in [0.15, 0.2) is 0 Å². The first kappa shape index (κ1) is 20.5. The number of hydrogen-bond acceptors (Lipinski definition) is 5. The van der Waals surface area contributed by atoms with E-state index >= 15 is 0 Å². The third-order valence-electron chi connectivity index (χ3n) is 4.03. The number of fused-ring (bicyclic) bond motifs is 1. The molecule has 1 aliphatic heterocycles. The first-order valence-electron chi connectivity index (χ1n) is 8.72. The summed E-state index contributed by atoms with van der Waals surface area (Å²) in [4.78, 5) is 14.5. The number of halogens is 2. The Balaban J connectivity index is 2.03. The second-order valence-electron chi connectivity index (χ2n) is 5.92. The van der Waals surface area contributed by atoms with Gasteiger partial charge >= 0.3 is 5.97 Å². The van der Waals surface area contributed by atoms with Crippen molar-refractivity contribution in [2.75, 3.05) is 23.0 Å². The van der Waals surface area contributed by atoms with Crippen molar-refractivity contribution in [1.82, 2.24) is 0 Å². The summed E-state index contributed by atoms with van der Waals surface area (Å²) in [6.45, 7) is 2.77. The molecule has 0 spiro atoms. The van der Waals surface area contributed by atoms with Crippen molar-refractivity contribution in [3.8, 4) is 5.75 Å². The first-order chi connectivity index (χ1) is 13.5. The second kappa shape index (κ2) is 9.34. The summed E-state index contributed by atoms with van der Waals surface area (Å²) in [5.74, 6) is -1.24. The highest BCUT2D eigenvalue weighted by Gasteiger charge is 2.21. The molecule has 4 nitrogen and oxygen atoms in total. The molecule has 0 amide bonds. The molecule has 1 N–H and O–H groups in total. The van der Waals surface area contributed by atoms with E-state index in [1.165, 1.54) is 23.9 Å². The van der Waals surface area contributed by atoms with Crippen LogP contribution in [0.1, 0.15) is 13.3 Å².